The van der Waals surface area contributed by atoms with Crippen LogP contribution in [0.4, 0.5) is 10.6 Å². The number of carboxylic acid groups (broad SMARTS) is 1. The summed E-state index contributed by atoms with van der Waals surface area (Å²) >= 11 is 0. The Labute approximate surface area is 63.6 Å². The fourth-order valence-electron chi connectivity index (χ4n) is 0.837. The third kappa shape index (κ3) is 1.70. The van der Waals surface area contributed by atoms with E-state index in [9.17, 15) is 4.79 Å². The number of rotatable bonds is 1. The van der Waals surface area contributed by atoms with Crippen LogP contribution in [0.25, 0.3) is 0 Å². The molecule has 1 heterocycles. The first-order valence-corrected chi connectivity index (χ1v) is 3.10. The number of hydrogen-bond donors (Lipinski definition) is 2. The summed E-state index contributed by atoms with van der Waals surface area (Å²) in [6, 6.07) is 1.66. The summed E-state index contributed by atoms with van der Waals surface area (Å²) in [5, 5.41) is 14.5. The molecule has 0 fully saturated rings. The SMILES string of the molecule is Cc1cc(NC(=O)O)n(C)n1. The molecule has 0 atom stereocenters. The van der Waals surface area contributed by atoms with Crippen LogP contribution >= 0.6 is 0 Å². The molecule has 0 aromatic carbocycles. The summed E-state index contributed by atoms with van der Waals surface area (Å²) in [4.78, 5) is 10.2. The second-order valence-corrected chi connectivity index (χ2v) is 2.22. The zero-order valence-corrected chi connectivity index (χ0v) is 6.33. The third-order valence-electron chi connectivity index (χ3n) is 1.24. The molecule has 0 bridgehead atoms. The summed E-state index contributed by atoms with van der Waals surface area (Å²) in [5.74, 6) is 0.481. The van der Waals surface area contributed by atoms with E-state index in [1.54, 1.807) is 20.0 Å². The molecule has 0 saturated heterocycles. The van der Waals surface area contributed by atoms with Gasteiger partial charge < -0.3 is 5.11 Å². The zero-order valence-electron chi connectivity index (χ0n) is 6.33. The van der Waals surface area contributed by atoms with Crippen molar-refractivity contribution in [2.24, 2.45) is 7.05 Å². The number of aromatic nitrogens is 2. The second-order valence-electron chi connectivity index (χ2n) is 2.22. The fourth-order valence-corrected chi connectivity index (χ4v) is 0.837. The van der Waals surface area contributed by atoms with Gasteiger partial charge in [0, 0.05) is 13.1 Å². The van der Waals surface area contributed by atoms with Crippen molar-refractivity contribution in [1.29, 1.82) is 0 Å². The van der Waals surface area contributed by atoms with Crippen LogP contribution in [-0.2, 0) is 7.05 Å². The van der Waals surface area contributed by atoms with E-state index in [1.165, 1.54) is 4.68 Å². The molecule has 0 aliphatic carbocycles. The Morgan fingerprint density at radius 2 is 2.45 bits per heavy atom. The van der Waals surface area contributed by atoms with E-state index in [4.69, 9.17) is 5.11 Å². The predicted molar refractivity (Wildman–Crippen MR) is 39.6 cm³/mol. The summed E-state index contributed by atoms with van der Waals surface area (Å²) in [6.45, 7) is 1.80. The lowest BCUT2D eigenvalue weighted by atomic mass is 10.5. The minimum absolute atomic E-state index is 0.481. The van der Waals surface area contributed by atoms with Crippen molar-refractivity contribution in [3.8, 4) is 0 Å². The van der Waals surface area contributed by atoms with Gasteiger partial charge in [-0.1, -0.05) is 0 Å². The van der Waals surface area contributed by atoms with Crippen LogP contribution in [0, 0.1) is 6.92 Å². The van der Waals surface area contributed by atoms with Crippen molar-refractivity contribution >= 4 is 11.9 Å². The summed E-state index contributed by atoms with van der Waals surface area (Å²) < 4.78 is 1.48. The van der Waals surface area contributed by atoms with Gasteiger partial charge in [0.1, 0.15) is 5.82 Å². The van der Waals surface area contributed by atoms with Gasteiger partial charge in [0.2, 0.25) is 0 Å². The lowest BCUT2D eigenvalue weighted by Crippen LogP contribution is -2.10. The standard InChI is InChI=1S/C6H9N3O2/c1-4-3-5(7-6(10)11)9(2)8-4/h3,7H,1-2H3,(H,10,11). The van der Waals surface area contributed by atoms with Crippen molar-refractivity contribution in [2.45, 2.75) is 6.92 Å². The molecule has 0 aliphatic rings. The minimum Gasteiger partial charge on any atom is -0.465 e. The number of aryl methyl sites for hydroxylation is 2. The fraction of sp³-hybridized carbons (Fsp3) is 0.333. The van der Waals surface area contributed by atoms with Crippen molar-refractivity contribution < 1.29 is 9.90 Å². The maximum atomic E-state index is 10.2. The van der Waals surface area contributed by atoms with Gasteiger partial charge in [0.05, 0.1) is 5.69 Å². The van der Waals surface area contributed by atoms with Crippen molar-refractivity contribution in [1.82, 2.24) is 9.78 Å². The number of nitrogens with one attached hydrogen (secondary N) is 1. The van der Waals surface area contributed by atoms with E-state index < -0.39 is 6.09 Å². The number of carbonyl (C=O) groups is 1. The predicted octanol–water partition coefficient (Wildman–Crippen LogP) is 0.818. The van der Waals surface area contributed by atoms with E-state index >= 15 is 0 Å². The average molecular weight is 155 g/mol. The quantitative estimate of drug-likeness (QED) is 0.630. The van der Waals surface area contributed by atoms with Crippen LogP contribution in [0.15, 0.2) is 6.07 Å². The Morgan fingerprint density at radius 3 is 2.82 bits per heavy atom. The van der Waals surface area contributed by atoms with Gasteiger partial charge in [-0.15, -0.1) is 0 Å². The molecule has 11 heavy (non-hydrogen) atoms. The molecule has 1 amide bonds. The van der Waals surface area contributed by atoms with E-state index in [2.05, 4.69) is 10.4 Å². The molecule has 1 aromatic heterocycles. The molecule has 5 heteroatoms. The number of nitrogens with zero attached hydrogens (tertiary/aromatic N) is 2. The molecule has 1 aromatic rings. The largest absolute Gasteiger partial charge is 0.465 e. The summed E-state index contributed by atoms with van der Waals surface area (Å²) in [6.07, 6.45) is -1.08. The van der Waals surface area contributed by atoms with Gasteiger partial charge in [0.15, 0.2) is 0 Å². The highest BCUT2D eigenvalue weighted by Gasteiger charge is 2.03. The monoisotopic (exact) mass is 155 g/mol. The number of hydrogen-bond acceptors (Lipinski definition) is 2. The maximum Gasteiger partial charge on any atom is 0.410 e. The van der Waals surface area contributed by atoms with E-state index in [-0.39, 0.29) is 0 Å². The smallest absolute Gasteiger partial charge is 0.410 e. The highest BCUT2D eigenvalue weighted by Crippen LogP contribution is 2.06. The van der Waals surface area contributed by atoms with Crippen molar-refractivity contribution in [3.63, 3.8) is 0 Å². The molecular weight excluding hydrogens is 146 g/mol. The van der Waals surface area contributed by atoms with Gasteiger partial charge >= 0.3 is 6.09 Å². The lowest BCUT2D eigenvalue weighted by Gasteiger charge is -1.98. The Hall–Kier alpha value is -1.52. The number of amides is 1. The van der Waals surface area contributed by atoms with Crippen LogP contribution < -0.4 is 5.32 Å². The Bertz CT molecular complexity index is 279. The highest BCUT2D eigenvalue weighted by atomic mass is 16.4. The molecule has 0 unspecified atom stereocenters. The molecule has 2 N–H and O–H groups in total. The van der Waals surface area contributed by atoms with Crippen LogP contribution in [0.2, 0.25) is 0 Å². The maximum absolute atomic E-state index is 10.2. The van der Waals surface area contributed by atoms with Crippen molar-refractivity contribution in [3.05, 3.63) is 11.8 Å². The molecule has 0 spiro atoms. The summed E-state index contributed by atoms with van der Waals surface area (Å²) in [5.41, 5.74) is 0.788. The minimum atomic E-state index is -1.08. The van der Waals surface area contributed by atoms with Crippen LogP contribution in [0.5, 0.6) is 0 Å². The van der Waals surface area contributed by atoms with Crippen LogP contribution in [-0.4, -0.2) is 21.0 Å². The van der Waals surface area contributed by atoms with Crippen molar-refractivity contribution in [2.75, 3.05) is 5.32 Å². The van der Waals surface area contributed by atoms with Gasteiger partial charge in [-0.2, -0.15) is 5.10 Å². The van der Waals surface area contributed by atoms with Crippen LogP contribution in [0.3, 0.4) is 0 Å². The Balaban J connectivity index is 2.85. The zero-order chi connectivity index (χ0) is 8.43. The highest BCUT2D eigenvalue weighted by molar-refractivity contribution is 5.81. The van der Waals surface area contributed by atoms with E-state index in [0.29, 0.717) is 5.82 Å². The topological polar surface area (TPSA) is 67.2 Å². The first-order valence-electron chi connectivity index (χ1n) is 3.10. The Morgan fingerprint density at radius 1 is 1.82 bits per heavy atom. The van der Waals surface area contributed by atoms with Gasteiger partial charge in [0.25, 0.3) is 0 Å². The molecule has 0 aliphatic heterocycles. The third-order valence-corrected chi connectivity index (χ3v) is 1.24. The first-order chi connectivity index (χ1) is 5.09. The summed E-state index contributed by atoms with van der Waals surface area (Å²) in [7, 11) is 1.68. The Kier molecular flexibility index (Phi) is 1.80. The molecule has 0 saturated carbocycles. The molecule has 0 radical (unpaired) electrons. The lowest BCUT2D eigenvalue weighted by molar-refractivity contribution is 0.209. The van der Waals surface area contributed by atoms with Gasteiger partial charge in [-0.3, -0.25) is 10.00 Å². The average Bonchev–Trinajstić information content (AvgIpc) is 2.09. The number of anilines is 1. The molecule has 60 valence electrons. The molecule has 5 nitrogen and oxygen atoms in total. The van der Waals surface area contributed by atoms with E-state index in [0.717, 1.165) is 5.69 Å². The first kappa shape index (κ1) is 7.59. The molecular formula is C6H9N3O2. The van der Waals surface area contributed by atoms with E-state index in [1.807, 2.05) is 0 Å². The van der Waals surface area contributed by atoms with Crippen LogP contribution in [0.1, 0.15) is 5.69 Å². The van der Waals surface area contributed by atoms with Gasteiger partial charge in [-0.25, -0.2) is 4.79 Å². The normalized spacial score (nSPS) is 9.64. The molecule has 1 rings (SSSR count). The second kappa shape index (κ2) is 2.61. The van der Waals surface area contributed by atoms with Gasteiger partial charge in [-0.05, 0) is 6.92 Å².